The van der Waals surface area contributed by atoms with Crippen LogP contribution in [0.2, 0.25) is 0 Å². The molecule has 9 heteroatoms. The number of carbonyl (C=O) groups is 2. The molecule has 0 radical (unpaired) electrons. The first-order chi connectivity index (χ1) is 15.9. The van der Waals surface area contributed by atoms with Crippen molar-refractivity contribution in [2.24, 2.45) is 7.05 Å². The van der Waals surface area contributed by atoms with Gasteiger partial charge in [0, 0.05) is 30.7 Å². The second-order valence-corrected chi connectivity index (χ2v) is 8.78. The molecule has 2 aromatic heterocycles. The van der Waals surface area contributed by atoms with Gasteiger partial charge < -0.3 is 19.9 Å². The van der Waals surface area contributed by atoms with Crippen LogP contribution in [0.5, 0.6) is 0 Å². The number of fused-ring (bicyclic) bond motifs is 1. The van der Waals surface area contributed by atoms with E-state index in [0.29, 0.717) is 16.8 Å². The smallest absolute Gasteiger partial charge is 0.251 e. The average Bonchev–Trinajstić information content (AvgIpc) is 3.38. The van der Waals surface area contributed by atoms with Crippen molar-refractivity contribution in [2.45, 2.75) is 19.9 Å². The number of methoxy groups -OCH3 is 1. The van der Waals surface area contributed by atoms with Gasteiger partial charge in [0.15, 0.2) is 0 Å². The number of benzene rings is 2. The molecule has 0 unspecified atom stereocenters. The number of rotatable bonds is 7. The van der Waals surface area contributed by atoms with E-state index in [0.717, 1.165) is 27.6 Å². The Labute approximate surface area is 195 Å². The monoisotopic (exact) mass is 463 g/mol. The molecule has 2 aromatic carbocycles. The van der Waals surface area contributed by atoms with Crippen LogP contribution in [-0.2, 0) is 16.6 Å². The summed E-state index contributed by atoms with van der Waals surface area (Å²) in [4.78, 5) is 34.6. The second-order valence-electron chi connectivity index (χ2n) is 7.72. The van der Waals surface area contributed by atoms with E-state index in [-0.39, 0.29) is 24.5 Å². The molecule has 0 fully saturated rings. The van der Waals surface area contributed by atoms with Gasteiger partial charge in [-0.2, -0.15) is 0 Å². The molecule has 1 atom stereocenters. The standard InChI is InChI=1S/C24H25N5O3S/c1-14(20-13-33-15(2)26-20)25-24(31)17-10-18(27-21(30)12-32-4)22-19(11-17)28-23(29(22)3)16-8-6-5-7-9-16/h5-11,13-14H,12H2,1-4H3,(H,25,31)(H,27,30)/t14-/m0/s1. The fraction of sp³-hybridized carbons (Fsp3) is 0.250. The molecule has 4 aromatic rings. The van der Waals surface area contributed by atoms with Crippen LogP contribution in [0.15, 0.2) is 47.8 Å². The highest BCUT2D eigenvalue weighted by molar-refractivity contribution is 7.09. The van der Waals surface area contributed by atoms with E-state index >= 15 is 0 Å². The van der Waals surface area contributed by atoms with Crippen molar-refractivity contribution >= 4 is 39.9 Å². The van der Waals surface area contributed by atoms with Crippen LogP contribution in [0, 0.1) is 6.92 Å². The topological polar surface area (TPSA) is 98.1 Å². The van der Waals surface area contributed by atoms with Crippen molar-refractivity contribution in [3.8, 4) is 11.4 Å². The van der Waals surface area contributed by atoms with Gasteiger partial charge in [0.1, 0.15) is 12.4 Å². The minimum atomic E-state index is -0.315. The first-order valence-electron chi connectivity index (χ1n) is 10.4. The first kappa shape index (κ1) is 22.6. The molecule has 4 rings (SSSR count). The van der Waals surface area contributed by atoms with E-state index in [1.807, 2.05) is 61.2 Å². The molecular formula is C24H25N5O3S. The van der Waals surface area contributed by atoms with Crippen LogP contribution in [-0.4, -0.2) is 40.1 Å². The molecule has 8 nitrogen and oxygen atoms in total. The highest BCUT2D eigenvalue weighted by atomic mass is 32.1. The third-order valence-corrected chi connectivity index (χ3v) is 6.03. The van der Waals surface area contributed by atoms with E-state index in [9.17, 15) is 9.59 Å². The number of hydrogen-bond acceptors (Lipinski definition) is 6. The van der Waals surface area contributed by atoms with Crippen LogP contribution in [0.1, 0.15) is 34.0 Å². The SMILES string of the molecule is COCC(=O)Nc1cc(C(=O)N[C@@H](C)c2csc(C)n2)cc2nc(-c3ccccc3)n(C)c12. The lowest BCUT2D eigenvalue weighted by Gasteiger charge is -2.14. The van der Waals surface area contributed by atoms with Gasteiger partial charge in [-0.15, -0.1) is 11.3 Å². The van der Waals surface area contributed by atoms with Gasteiger partial charge in [0.2, 0.25) is 5.91 Å². The molecule has 2 amide bonds. The van der Waals surface area contributed by atoms with E-state index in [4.69, 9.17) is 9.72 Å². The maximum atomic E-state index is 13.1. The van der Waals surface area contributed by atoms with Crippen molar-refractivity contribution in [2.75, 3.05) is 19.0 Å². The number of carbonyl (C=O) groups excluding carboxylic acids is 2. The normalized spacial score (nSPS) is 12.0. The molecule has 0 aliphatic heterocycles. The van der Waals surface area contributed by atoms with Gasteiger partial charge in [0.05, 0.1) is 33.5 Å². The summed E-state index contributed by atoms with van der Waals surface area (Å²) < 4.78 is 6.87. The van der Waals surface area contributed by atoms with Crippen LogP contribution >= 0.6 is 11.3 Å². The minimum Gasteiger partial charge on any atom is -0.375 e. The van der Waals surface area contributed by atoms with Crippen molar-refractivity contribution < 1.29 is 14.3 Å². The number of aryl methyl sites for hydroxylation is 2. The molecule has 0 saturated heterocycles. The number of aromatic nitrogens is 3. The van der Waals surface area contributed by atoms with Gasteiger partial charge in [0.25, 0.3) is 5.91 Å². The lowest BCUT2D eigenvalue weighted by molar-refractivity contribution is -0.119. The Morgan fingerprint density at radius 2 is 1.94 bits per heavy atom. The maximum absolute atomic E-state index is 13.1. The number of thiazole rings is 1. The van der Waals surface area contributed by atoms with Crippen LogP contribution in [0.3, 0.4) is 0 Å². The Morgan fingerprint density at radius 3 is 2.61 bits per heavy atom. The van der Waals surface area contributed by atoms with Crippen LogP contribution < -0.4 is 10.6 Å². The number of nitrogens with one attached hydrogen (secondary N) is 2. The Bertz CT molecular complexity index is 1310. The molecule has 0 spiro atoms. The van der Waals surface area contributed by atoms with E-state index in [2.05, 4.69) is 15.6 Å². The lowest BCUT2D eigenvalue weighted by Crippen LogP contribution is -2.27. The summed E-state index contributed by atoms with van der Waals surface area (Å²) in [7, 11) is 3.34. The lowest BCUT2D eigenvalue weighted by atomic mass is 10.1. The van der Waals surface area contributed by atoms with Crippen molar-refractivity contribution in [1.82, 2.24) is 19.9 Å². The quantitative estimate of drug-likeness (QED) is 0.430. The molecule has 0 saturated carbocycles. The first-order valence-corrected chi connectivity index (χ1v) is 11.3. The summed E-state index contributed by atoms with van der Waals surface area (Å²) in [6.07, 6.45) is 0. The fourth-order valence-corrected chi connectivity index (χ4v) is 4.38. The van der Waals surface area contributed by atoms with Crippen molar-refractivity contribution in [3.63, 3.8) is 0 Å². The summed E-state index contributed by atoms with van der Waals surface area (Å²) >= 11 is 1.54. The molecule has 0 bridgehead atoms. The predicted molar refractivity (Wildman–Crippen MR) is 129 cm³/mol. The van der Waals surface area contributed by atoms with E-state index in [1.165, 1.54) is 18.4 Å². The van der Waals surface area contributed by atoms with Crippen LogP contribution in [0.25, 0.3) is 22.4 Å². The molecule has 0 aliphatic rings. The zero-order valence-corrected chi connectivity index (χ0v) is 19.7. The third kappa shape index (κ3) is 4.79. The highest BCUT2D eigenvalue weighted by Crippen LogP contribution is 2.30. The number of imidazole rings is 1. The molecule has 0 aliphatic carbocycles. The Balaban J connectivity index is 1.75. The number of amides is 2. The van der Waals surface area contributed by atoms with Crippen molar-refractivity contribution in [3.05, 3.63) is 64.1 Å². The molecule has 170 valence electrons. The average molecular weight is 464 g/mol. The van der Waals surface area contributed by atoms with E-state index in [1.54, 1.807) is 12.1 Å². The largest absolute Gasteiger partial charge is 0.375 e. The number of ether oxygens (including phenoxy) is 1. The van der Waals surface area contributed by atoms with Gasteiger partial charge in [-0.1, -0.05) is 30.3 Å². The van der Waals surface area contributed by atoms with Gasteiger partial charge in [-0.3, -0.25) is 9.59 Å². The maximum Gasteiger partial charge on any atom is 0.251 e. The summed E-state index contributed by atoms with van der Waals surface area (Å²) in [5, 5.41) is 8.72. The predicted octanol–water partition coefficient (Wildman–Crippen LogP) is 4.08. The second kappa shape index (κ2) is 9.51. The zero-order valence-electron chi connectivity index (χ0n) is 18.9. The minimum absolute atomic E-state index is 0.0957. The molecule has 33 heavy (non-hydrogen) atoms. The van der Waals surface area contributed by atoms with Crippen LogP contribution in [0.4, 0.5) is 5.69 Å². The number of hydrogen-bond donors (Lipinski definition) is 2. The molecular weight excluding hydrogens is 438 g/mol. The Morgan fingerprint density at radius 1 is 1.18 bits per heavy atom. The number of nitrogens with zero attached hydrogens (tertiary/aromatic N) is 3. The Hall–Kier alpha value is -3.56. The van der Waals surface area contributed by atoms with Gasteiger partial charge in [-0.25, -0.2) is 9.97 Å². The van der Waals surface area contributed by atoms with Crippen molar-refractivity contribution in [1.29, 1.82) is 0 Å². The Kier molecular flexibility index (Phi) is 6.52. The molecule has 2 heterocycles. The summed E-state index contributed by atoms with van der Waals surface area (Å²) in [6.45, 7) is 3.72. The zero-order chi connectivity index (χ0) is 23.5. The summed E-state index contributed by atoms with van der Waals surface area (Å²) in [6, 6.07) is 12.9. The summed E-state index contributed by atoms with van der Waals surface area (Å²) in [5.74, 6) is 0.144. The van der Waals surface area contributed by atoms with E-state index < -0.39 is 0 Å². The van der Waals surface area contributed by atoms with Gasteiger partial charge >= 0.3 is 0 Å². The number of anilines is 1. The highest BCUT2D eigenvalue weighted by Gasteiger charge is 2.20. The summed E-state index contributed by atoms with van der Waals surface area (Å²) in [5.41, 5.74) is 3.96. The molecule has 2 N–H and O–H groups in total. The van der Waals surface area contributed by atoms with Gasteiger partial charge in [-0.05, 0) is 26.0 Å². The fourth-order valence-electron chi connectivity index (χ4n) is 3.67. The third-order valence-electron chi connectivity index (χ3n) is 5.24.